The molecule has 4 aromatic rings. The Bertz CT molecular complexity index is 973. The maximum absolute atomic E-state index is 5.45. The van der Waals surface area contributed by atoms with E-state index >= 15 is 0 Å². The first-order valence-corrected chi connectivity index (χ1v) is 8.29. The normalized spacial score (nSPS) is 10.9. The summed E-state index contributed by atoms with van der Waals surface area (Å²) in [7, 11) is 3.30. The number of imidazole rings is 1. The molecule has 0 bridgehead atoms. The second-order valence-corrected chi connectivity index (χ2v) is 6.06. The lowest BCUT2D eigenvalue weighted by molar-refractivity contribution is 0.404. The molecule has 6 heteroatoms. The summed E-state index contributed by atoms with van der Waals surface area (Å²) in [5, 5.41) is 2.84. The number of aromatic nitrogens is 3. The molecule has 4 rings (SSSR count). The summed E-state index contributed by atoms with van der Waals surface area (Å²) in [6.07, 6.45) is 0. The lowest BCUT2D eigenvalue weighted by Crippen LogP contribution is -1.90. The number of H-pyrrole nitrogens is 1. The van der Waals surface area contributed by atoms with Crippen LogP contribution in [0.2, 0.25) is 0 Å². The van der Waals surface area contributed by atoms with E-state index in [9.17, 15) is 0 Å². The third kappa shape index (κ3) is 2.51. The van der Waals surface area contributed by atoms with E-state index in [1.54, 1.807) is 25.6 Å². The van der Waals surface area contributed by atoms with Crippen molar-refractivity contribution in [2.24, 2.45) is 0 Å². The maximum atomic E-state index is 5.45. The van der Waals surface area contributed by atoms with Crippen molar-refractivity contribution in [3.05, 3.63) is 47.8 Å². The fraction of sp³-hybridized carbons (Fsp3) is 0.111. The highest BCUT2D eigenvalue weighted by atomic mass is 32.1. The smallest absolute Gasteiger partial charge is 0.167 e. The van der Waals surface area contributed by atoms with E-state index < -0.39 is 0 Å². The van der Waals surface area contributed by atoms with Crippen molar-refractivity contribution in [3.8, 4) is 33.6 Å². The minimum absolute atomic E-state index is 0.761. The SMILES string of the molecule is COc1ccc(OC)c(-c2csc(-c3nc4ccccc4[nH]3)n2)c1. The van der Waals surface area contributed by atoms with Gasteiger partial charge in [0.2, 0.25) is 0 Å². The topological polar surface area (TPSA) is 60.0 Å². The monoisotopic (exact) mass is 337 g/mol. The van der Waals surface area contributed by atoms with Gasteiger partial charge >= 0.3 is 0 Å². The summed E-state index contributed by atoms with van der Waals surface area (Å²) in [5.74, 6) is 2.30. The van der Waals surface area contributed by atoms with E-state index in [0.29, 0.717) is 0 Å². The number of nitrogens with zero attached hydrogens (tertiary/aromatic N) is 2. The Labute approximate surface area is 142 Å². The van der Waals surface area contributed by atoms with Crippen LogP contribution < -0.4 is 9.47 Å². The standard InChI is InChI=1S/C18H15N3O2S/c1-22-11-7-8-16(23-2)12(9-11)15-10-24-18(21-15)17-19-13-5-3-4-6-14(13)20-17/h3-10H,1-2H3,(H,19,20). The molecule has 0 fully saturated rings. The van der Waals surface area contributed by atoms with E-state index in [1.165, 1.54) is 0 Å². The van der Waals surface area contributed by atoms with Crippen molar-refractivity contribution in [2.45, 2.75) is 0 Å². The Hall–Kier alpha value is -2.86. The van der Waals surface area contributed by atoms with E-state index in [2.05, 4.69) is 9.97 Å². The molecule has 5 nitrogen and oxygen atoms in total. The van der Waals surface area contributed by atoms with Crippen molar-refractivity contribution in [1.29, 1.82) is 0 Å². The Morgan fingerprint density at radius 3 is 2.67 bits per heavy atom. The number of thiazole rings is 1. The molecular weight excluding hydrogens is 322 g/mol. The largest absolute Gasteiger partial charge is 0.497 e. The zero-order valence-electron chi connectivity index (χ0n) is 13.2. The summed E-state index contributed by atoms with van der Waals surface area (Å²) in [6, 6.07) is 13.6. The van der Waals surface area contributed by atoms with E-state index in [1.807, 2.05) is 47.8 Å². The molecule has 0 atom stereocenters. The molecule has 2 aromatic carbocycles. The van der Waals surface area contributed by atoms with E-state index in [0.717, 1.165) is 44.6 Å². The van der Waals surface area contributed by atoms with E-state index in [4.69, 9.17) is 14.5 Å². The van der Waals surface area contributed by atoms with Gasteiger partial charge in [-0.15, -0.1) is 11.3 Å². The molecule has 0 aliphatic heterocycles. The molecule has 0 amide bonds. The lowest BCUT2D eigenvalue weighted by Gasteiger charge is -2.08. The van der Waals surface area contributed by atoms with Gasteiger partial charge < -0.3 is 14.5 Å². The fourth-order valence-corrected chi connectivity index (χ4v) is 3.34. The highest BCUT2D eigenvalue weighted by Crippen LogP contribution is 2.35. The molecular formula is C18H15N3O2S. The number of aromatic amines is 1. The number of hydrogen-bond donors (Lipinski definition) is 1. The minimum Gasteiger partial charge on any atom is -0.497 e. The van der Waals surface area contributed by atoms with Gasteiger partial charge in [0.15, 0.2) is 10.8 Å². The lowest BCUT2D eigenvalue weighted by atomic mass is 10.1. The summed E-state index contributed by atoms with van der Waals surface area (Å²) in [5.41, 5.74) is 3.67. The van der Waals surface area contributed by atoms with Gasteiger partial charge in [0.1, 0.15) is 11.5 Å². The number of fused-ring (bicyclic) bond motifs is 1. The Morgan fingerprint density at radius 1 is 1.00 bits per heavy atom. The van der Waals surface area contributed by atoms with Crippen LogP contribution in [0.25, 0.3) is 33.1 Å². The highest BCUT2D eigenvalue weighted by molar-refractivity contribution is 7.13. The van der Waals surface area contributed by atoms with Gasteiger partial charge in [-0.1, -0.05) is 12.1 Å². The van der Waals surface area contributed by atoms with Crippen molar-refractivity contribution >= 4 is 22.4 Å². The van der Waals surface area contributed by atoms with Crippen LogP contribution >= 0.6 is 11.3 Å². The van der Waals surface area contributed by atoms with Crippen LogP contribution in [-0.2, 0) is 0 Å². The summed E-state index contributed by atoms with van der Waals surface area (Å²) in [6.45, 7) is 0. The molecule has 24 heavy (non-hydrogen) atoms. The highest BCUT2D eigenvalue weighted by Gasteiger charge is 2.14. The zero-order valence-corrected chi connectivity index (χ0v) is 14.1. The number of rotatable bonds is 4. The number of para-hydroxylation sites is 2. The van der Waals surface area contributed by atoms with Crippen LogP contribution in [0.1, 0.15) is 0 Å². The first-order valence-electron chi connectivity index (χ1n) is 7.41. The minimum atomic E-state index is 0.761. The molecule has 2 aromatic heterocycles. The summed E-state index contributed by atoms with van der Waals surface area (Å²) in [4.78, 5) is 12.6. The number of ether oxygens (including phenoxy) is 2. The predicted octanol–water partition coefficient (Wildman–Crippen LogP) is 4.37. The molecule has 120 valence electrons. The quantitative estimate of drug-likeness (QED) is 0.601. The van der Waals surface area contributed by atoms with Crippen LogP contribution in [0, 0.1) is 0 Å². The molecule has 0 saturated heterocycles. The second-order valence-electron chi connectivity index (χ2n) is 5.21. The first kappa shape index (κ1) is 14.7. The molecule has 0 spiro atoms. The van der Waals surface area contributed by atoms with Gasteiger partial charge in [-0.05, 0) is 30.3 Å². The van der Waals surface area contributed by atoms with Crippen LogP contribution in [0.3, 0.4) is 0 Å². The summed E-state index contributed by atoms with van der Waals surface area (Å²) < 4.78 is 10.8. The fourth-order valence-electron chi connectivity index (χ4n) is 2.57. The van der Waals surface area contributed by atoms with Gasteiger partial charge in [-0.25, -0.2) is 9.97 Å². The van der Waals surface area contributed by atoms with Gasteiger partial charge in [-0.2, -0.15) is 0 Å². The van der Waals surface area contributed by atoms with Crippen molar-refractivity contribution in [2.75, 3.05) is 14.2 Å². The molecule has 0 aliphatic carbocycles. The molecule has 0 unspecified atom stereocenters. The van der Waals surface area contributed by atoms with Gasteiger partial charge in [-0.3, -0.25) is 0 Å². The third-order valence-electron chi connectivity index (χ3n) is 3.78. The number of benzene rings is 2. The predicted molar refractivity (Wildman–Crippen MR) is 95.7 cm³/mol. The van der Waals surface area contributed by atoms with E-state index in [-0.39, 0.29) is 0 Å². The van der Waals surface area contributed by atoms with Crippen LogP contribution in [0.4, 0.5) is 0 Å². The Balaban J connectivity index is 1.77. The van der Waals surface area contributed by atoms with Crippen LogP contribution in [0.5, 0.6) is 11.5 Å². The molecule has 2 heterocycles. The average Bonchev–Trinajstić information content (AvgIpc) is 3.27. The number of methoxy groups -OCH3 is 2. The molecule has 1 N–H and O–H groups in total. The van der Waals surface area contributed by atoms with Crippen LogP contribution in [0.15, 0.2) is 47.8 Å². The average molecular weight is 337 g/mol. The summed E-state index contributed by atoms with van der Waals surface area (Å²) >= 11 is 1.54. The van der Waals surface area contributed by atoms with Crippen LogP contribution in [-0.4, -0.2) is 29.2 Å². The maximum Gasteiger partial charge on any atom is 0.167 e. The van der Waals surface area contributed by atoms with Gasteiger partial charge in [0, 0.05) is 10.9 Å². The van der Waals surface area contributed by atoms with Crippen molar-refractivity contribution < 1.29 is 9.47 Å². The molecule has 0 radical (unpaired) electrons. The Kier molecular flexibility index (Phi) is 3.66. The molecule has 0 aliphatic rings. The van der Waals surface area contributed by atoms with Gasteiger partial charge in [0.25, 0.3) is 0 Å². The zero-order chi connectivity index (χ0) is 16.5. The van der Waals surface area contributed by atoms with Crippen molar-refractivity contribution in [3.63, 3.8) is 0 Å². The number of nitrogens with one attached hydrogen (secondary N) is 1. The molecule has 0 saturated carbocycles. The second kappa shape index (κ2) is 5.98. The van der Waals surface area contributed by atoms with Crippen molar-refractivity contribution in [1.82, 2.24) is 15.0 Å². The third-order valence-corrected chi connectivity index (χ3v) is 4.63. The van der Waals surface area contributed by atoms with Gasteiger partial charge in [0.05, 0.1) is 30.9 Å². The number of hydrogen-bond acceptors (Lipinski definition) is 5. The Morgan fingerprint density at radius 2 is 1.88 bits per heavy atom. The first-order chi connectivity index (χ1) is 11.8.